The van der Waals surface area contributed by atoms with Crippen LogP contribution in [0.4, 0.5) is 11.6 Å². The minimum Gasteiger partial charge on any atom is -0.394 e. The van der Waals surface area contributed by atoms with Gasteiger partial charge in [-0.2, -0.15) is 0 Å². The molecule has 0 saturated carbocycles. The normalized spacial score (nSPS) is 28.9. The van der Waals surface area contributed by atoms with E-state index in [0.717, 1.165) is 0 Å². The number of aliphatic hydroxyl groups is 4. The van der Waals surface area contributed by atoms with Gasteiger partial charge in [-0.05, 0) is 11.8 Å². The summed E-state index contributed by atoms with van der Waals surface area (Å²) in [4.78, 5) is 35.8. The minimum absolute atomic E-state index is 0.379. The van der Waals surface area contributed by atoms with Crippen molar-refractivity contribution in [3.05, 3.63) is 37.5 Å². The summed E-state index contributed by atoms with van der Waals surface area (Å²) < 4.78 is 25.9. The maximum absolute atomic E-state index is 10.6. The Morgan fingerprint density at radius 3 is 1.67 bits per heavy atom. The van der Waals surface area contributed by atoms with Crippen molar-refractivity contribution in [2.75, 3.05) is 36.9 Å². The fourth-order valence-electron chi connectivity index (χ4n) is 5.49. The van der Waals surface area contributed by atoms with Crippen molar-refractivity contribution in [1.29, 1.82) is 0 Å². The third-order valence-corrected chi connectivity index (χ3v) is 9.51. The predicted octanol–water partition coefficient (Wildman–Crippen LogP) is -0.748. The predicted molar refractivity (Wildman–Crippen MR) is 183 cm³/mol. The quantitative estimate of drug-likeness (QED) is 0.0447. The summed E-state index contributed by atoms with van der Waals surface area (Å²) in [5, 5.41) is 46.8. The Kier molecular flexibility index (Phi) is 11.7. The number of nitrogens with zero attached hydrogens (tertiary/aromatic N) is 8. The highest BCUT2D eigenvalue weighted by Crippen LogP contribution is 2.41. The van der Waals surface area contributed by atoms with Crippen LogP contribution in [0.25, 0.3) is 22.3 Å². The highest BCUT2D eigenvalue weighted by atomic mass is 32.9. The maximum Gasteiger partial charge on any atom is 0.173 e. The second-order valence-electron chi connectivity index (χ2n) is 10.5. The van der Waals surface area contributed by atoms with Gasteiger partial charge in [0.15, 0.2) is 53.6 Å². The van der Waals surface area contributed by atoms with Crippen LogP contribution in [0.3, 0.4) is 0 Å². The second-order valence-corrected chi connectivity index (χ2v) is 16.3. The number of aromatic nitrogens is 8. The van der Waals surface area contributed by atoms with Crippen molar-refractivity contribution < 1.29 is 43.8 Å². The van der Waals surface area contributed by atoms with Crippen molar-refractivity contribution in [2.45, 2.75) is 49.1 Å². The van der Waals surface area contributed by atoms with Gasteiger partial charge in [-0.1, -0.05) is 24.0 Å². The lowest BCUT2D eigenvalue weighted by Gasteiger charge is -2.21. The molecule has 2 aliphatic rings. The average Bonchev–Trinajstić information content (AvgIpc) is 3.83. The monoisotopic (exact) mass is 762 g/mol. The smallest absolute Gasteiger partial charge is 0.173 e. The van der Waals surface area contributed by atoms with E-state index in [9.17, 15) is 25.3 Å². The Balaban J connectivity index is 1.09. The molecule has 0 amide bonds. The lowest BCUT2D eigenvalue weighted by molar-refractivity contribution is -0.0483. The van der Waals surface area contributed by atoms with Crippen LogP contribution in [0.5, 0.6) is 0 Å². The number of nitrogens with one attached hydrogen (secondary N) is 2. The molecule has 0 aromatic carbocycles. The van der Waals surface area contributed by atoms with Gasteiger partial charge in [0, 0.05) is 13.1 Å². The molecule has 24 heteroatoms. The molecule has 2 fully saturated rings. The van der Waals surface area contributed by atoms with Crippen LogP contribution in [0.1, 0.15) is 12.5 Å². The van der Waals surface area contributed by atoms with Crippen LogP contribution in [0.15, 0.2) is 37.5 Å². The van der Waals surface area contributed by atoms with Crippen molar-refractivity contribution in [3.8, 4) is 0 Å². The molecule has 2 saturated heterocycles. The first kappa shape index (κ1) is 35.6. The summed E-state index contributed by atoms with van der Waals surface area (Å²) in [5.74, 6) is 0.906. The molecule has 19 nitrogen and oxygen atoms in total. The molecule has 0 radical (unpaired) electrons. The molecule has 7 N–H and O–H groups in total. The van der Waals surface area contributed by atoms with E-state index in [4.69, 9.17) is 42.1 Å². The number of hydrogen-bond donors (Lipinski definition) is 8. The van der Waals surface area contributed by atoms with E-state index < -0.39 is 75.6 Å². The van der Waals surface area contributed by atoms with E-state index in [-0.39, 0.29) is 0 Å². The fourth-order valence-corrected chi connectivity index (χ4v) is 7.50. The molecule has 4 aromatic rings. The van der Waals surface area contributed by atoms with Gasteiger partial charge in [-0.15, -0.1) is 12.2 Å². The molecule has 6 heterocycles. The molecule has 5 unspecified atom stereocenters. The van der Waals surface area contributed by atoms with E-state index in [1.54, 1.807) is 4.57 Å². The number of imidazole rings is 2. The third kappa shape index (κ3) is 7.28. The van der Waals surface area contributed by atoms with Crippen LogP contribution in [0.2, 0.25) is 0 Å². The molecule has 48 heavy (non-hydrogen) atoms. The van der Waals surface area contributed by atoms with E-state index >= 15 is 0 Å². The van der Waals surface area contributed by atoms with Gasteiger partial charge in [0.05, 0.1) is 25.9 Å². The van der Waals surface area contributed by atoms with Crippen LogP contribution < -0.4 is 10.6 Å². The zero-order chi connectivity index (χ0) is 33.9. The summed E-state index contributed by atoms with van der Waals surface area (Å²) in [5.41, 5.74) is 1.69. The summed E-state index contributed by atoms with van der Waals surface area (Å²) in [6, 6.07) is 0. The first-order chi connectivity index (χ1) is 23.2. The SMILES string of the molecule is OCC1O[C@@H](n2cnc3c(NC/C=C/CNc4ncnc5c4ncn5C4O[C@H](CO)[C@@H](O)C4O[PH](=S)S)ncnc32)[C@H](O[PH](O)=S)[C@@H]1O. The highest BCUT2D eigenvalue weighted by Gasteiger charge is 2.47. The summed E-state index contributed by atoms with van der Waals surface area (Å²) in [6.45, 7) is -0.100. The number of rotatable bonds is 14. The molecule has 0 bridgehead atoms. The fraction of sp³-hybridized carbons (Fsp3) is 0.500. The minimum atomic E-state index is -2.60. The van der Waals surface area contributed by atoms with Crippen LogP contribution >= 0.6 is 25.5 Å². The molecule has 6 rings (SSSR count). The van der Waals surface area contributed by atoms with Gasteiger partial charge in [-0.25, -0.2) is 29.9 Å². The van der Waals surface area contributed by atoms with Crippen molar-refractivity contribution >= 4 is 83.1 Å². The molecule has 0 aliphatic carbocycles. The molecule has 0 spiro atoms. The zero-order valence-corrected chi connectivity index (χ0v) is 29.1. The zero-order valence-electron chi connectivity index (χ0n) is 24.6. The first-order valence-corrected chi connectivity index (χ1v) is 20.7. The number of hydrogen-bond acceptors (Lipinski definition) is 18. The van der Waals surface area contributed by atoms with Crippen LogP contribution in [0, 0.1) is 0 Å². The van der Waals surface area contributed by atoms with Crippen molar-refractivity contribution in [3.63, 3.8) is 0 Å². The number of anilines is 2. The highest BCUT2D eigenvalue weighted by molar-refractivity contribution is 8.54. The number of thiol groups is 1. The molecule has 260 valence electrons. The Morgan fingerprint density at radius 2 is 1.25 bits per heavy atom. The molecular formula is C24H32N10O9P2S3. The van der Waals surface area contributed by atoms with Crippen LogP contribution in [-0.4, -0.2) is 127 Å². The molecule has 4 aromatic heterocycles. The van der Waals surface area contributed by atoms with E-state index in [0.29, 0.717) is 47.1 Å². The standard InChI is InChI=1S/C24H32N10O9P2S3/c35-5-11-15(37)17(42-44(39)46)23(40-11)33-9-31-13-19(27-7-29-21(13)33)25-3-1-2-4-26-20-14-22(30-8-28-20)34(10-32-14)24-18(43-45(47)48)16(38)12(6-36)41-24/h1-2,7-12,15-18,23-24,35-38,44-45H,3-6H2,(H,39,46)(H,47,48)(H,25,27,29)(H,26,28,30)/b2-1+/t11?,12-,15-,16-,17-,18?,23-,24?/m1/s1. The third-order valence-electron chi connectivity index (χ3n) is 7.67. The lowest BCUT2D eigenvalue weighted by Crippen LogP contribution is -2.34. The Bertz CT molecular complexity index is 1690. The number of fused-ring (bicyclic) bond motifs is 2. The van der Waals surface area contributed by atoms with Crippen LogP contribution in [-0.2, 0) is 42.1 Å². The number of ether oxygens (including phenoxy) is 2. The van der Waals surface area contributed by atoms with Gasteiger partial charge in [0.2, 0.25) is 0 Å². The lowest BCUT2D eigenvalue weighted by atomic mass is 10.1. The van der Waals surface area contributed by atoms with Crippen molar-refractivity contribution in [2.24, 2.45) is 0 Å². The Hall–Kier alpha value is -2.27. The van der Waals surface area contributed by atoms with E-state index in [2.05, 4.69) is 52.8 Å². The van der Waals surface area contributed by atoms with Crippen molar-refractivity contribution in [1.82, 2.24) is 39.0 Å². The van der Waals surface area contributed by atoms with Gasteiger partial charge < -0.3 is 54.5 Å². The van der Waals surface area contributed by atoms with Gasteiger partial charge >= 0.3 is 0 Å². The van der Waals surface area contributed by atoms with E-state index in [1.165, 1.54) is 29.9 Å². The first-order valence-electron chi connectivity index (χ1n) is 14.4. The number of aliphatic hydroxyl groups excluding tert-OH is 4. The van der Waals surface area contributed by atoms with Gasteiger partial charge in [0.25, 0.3) is 0 Å². The van der Waals surface area contributed by atoms with Gasteiger partial charge in [-0.3, -0.25) is 9.13 Å². The molecular weight excluding hydrogens is 730 g/mol. The largest absolute Gasteiger partial charge is 0.394 e. The van der Waals surface area contributed by atoms with E-state index in [1.807, 2.05) is 12.2 Å². The average molecular weight is 763 g/mol. The summed E-state index contributed by atoms with van der Waals surface area (Å²) >= 11 is 14.1. The Morgan fingerprint density at radius 1 is 0.792 bits per heavy atom. The van der Waals surface area contributed by atoms with Gasteiger partial charge in [0.1, 0.15) is 55.4 Å². The Labute approximate surface area is 288 Å². The molecule has 2 aliphatic heterocycles. The summed E-state index contributed by atoms with van der Waals surface area (Å²) in [7, 11) is -2.60. The topological polar surface area (TPSA) is 249 Å². The molecule has 10 atom stereocenters. The summed E-state index contributed by atoms with van der Waals surface area (Å²) in [6.07, 6.45) is -0.333. The second kappa shape index (κ2) is 15.7. The maximum atomic E-state index is 10.6.